The molecule has 0 saturated carbocycles. The minimum Gasteiger partial charge on any atom is -0.482 e. The van der Waals surface area contributed by atoms with Gasteiger partial charge in [0.05, 0.1) is 10.6 Å². The average Bonchev–Trinajstić information content (AvgIpc) is 2.77. The van der Waals surface area contributed by atoms with E-state index in [0.29, 0.717) is 30.2 Å². The molecule has 2 aliphatic heterocycles. The van der Waals surface area contributed by atoms with Crippen LogP contribution < -0.4 is 15.0 Å². The summed E-state index contributed by atoms with van der Waals surface area (Å²) in [6.45, 7) is 0.798. The van der Waals surface area contributed by atoms with Crippen molar-refractivity contribution in [1.82, 2.24) is 4.31 Å². The number of anilines is 2. The highest BCUT2D eigenvalue weighted by Gasteiger charge is 2.28. The van der Waals surface area contributed by atoms with Crippen LogP contribution in [0.15, 0.2) is 53.4 Å². The number of amides is 2. The van der Waals surface area contributed by atoms with Crippen molar-refractivity contribution in [3.05, 3.63) is 48.5 Å². The van der Waals surface area contributed by atoms with Crippen LogP contribution in [-0.4, -0.2) is 50.8 Å². The number of benzene rings is 2. The fourth-order valence-electron chi connectivity index (χ4n) is 3.64. The van der Waals surface area contributed by atoms with Gasteiger partial charge in [-0.15, -0.1) is 0 Å². The summed E-state index contributed by atoms with van der Waals surface area (Å²) in [5.74, 6) is -0.129. The van der Waals surface area contributed by atoms with E-state index in [0.717, 1.165) is 19.3 Å². The minimum absolute atomic E-state index is 0.118. The van der Waals surface area contributed by atoms with Crippen LogP contribution in [0.25, 0.3) is 0 Å². The summed E-state index contributed by atoms with van der Waals surface area (Å²) >= 11 is 0. The van der Waals surface area contributed by atoms with Crippen molar-refractivity contribution in [2.45, 2.75) is 24.2 Å². The first-order chi connectivity index (χ1) is 14.4. The third kappa shape index (κ3) is 4.17. The van der Waals surface area contributed by atoms with Crippen LogP contribution in [0, 0.1) is 0 Å². The highest BCUT2D eigenvalue weighted by Crippen LogP contribution is 2.31. The number of para-hydroxylation sites is 2. The molecule has 30 heavy (non-hydrogen) atoms. The van der Waals surface area contributed by atoms with Crippen molar-refractivity contribution in [2.24, 2.45) is 0 Å². The zero-order valence-electron chi connectivity index (χ0n) is 16.4. The second-order valence-electron chi connectivity index (χ2n) is 7.27. The van der Waals surface area contributed by atoms with E-state index in [-0.39, 0.29) is 29.9 Å². The fourth-order valence-corrected chi connectivity index (χ4v) is 5.15. The highest BCUT2D eigenvalue weighted by atomic mass is 32.2. The van der Waals surface area contributed by atoms with Gasteiger partial charge in [0.2, 0.25) is 15.9 Å². The molecule has 1 saturated heterocycles. The van der Waals surface area contributed by atoms with Gasteiger partial charge in [-0.05, 0) is 49.2 Å². The smallest absolute Gasteiger partial charge is 0.265 e. The van der Waals surface area contributed by atoms with Crippen molar-refractivity contribution in [1.29, 1.82) is 0 Å². The summed E-state index contributed by atoms with van der Waals surface area (Å²) < 4.78 is 32.3. The van der Waals surface area contributed by atoms with Gasteiger partial charge in [0, 0.05) is 18.8 Å². The van der Waals surface area contributed by atoms with Crippen molar-refractivity contribution in [2.75, 3.05) is 36.5 Å². The van der Waals surface area contributed by atoms with Gasteiger partial charge in [0.1, 0.15) is 12.3 Å². The van der Waals surface area contributed by atoms with Gasteiger partial charge >= 0.3 is 0 Å². The van der Waals surface area contributed by atoms with Crippen LogP contribution in [0.1, 0.15) is 19.3 Å². The lowest BCUT2D eigenvalue weighted by Gasteiger charge is -2.28. The van der Waals surface area contributed by atoms with Crippen molar-refractivity contribution < 1.29 is 22.7 Å². The summed E-state index contributed by atoms with van der Waals surface area (Å²) in [7, 11) is -3.52. The topological polar surface area (TPSA) is 96.0 Å². The second kappa shape index (κ2) is 8.45. The van der Waals surface area contributed by atoms with Gasteiger partial charge in [-0.1, -0.05) is 18.6 Å². The number of carbonyl (C=O) groups is 2. The van der Waals surface area contributed by atoms with Crippen LogP contribution in [-0.2, 0) is 19.6 Å². The lowest BCUT2D eigenvalue weighted by Crippen LogP contribution is -2.43. The van der Waals surface area contributed by atoms with E-state index in [1.54, 1.807) is 36.4 Å². The molecule has 1 fully saturated rings. The molecular formula is C21H23N3O5S. The average molecular weight is 429 g/mol. The molecule has 4 rings (SSSR count). The Hall–Kier alpha value is -2.91. The van der Waals surface area contributed by atoms with Crippen LogP contribution in [0.3, 0.4) is 0 Å². The van der Waals surface area contributed by atoms with Crippen molar-refractivity contribution in [3.8, 4) is 5.75 Å². The van der Waals surface area contributed by atoms with E-state index in [9.17, 15) is 18.0 Å². The van der Waals surface area contributed by atoms with Crippen LogP contribution in [0.5, 0.6) is 5.75 Å². The van der Waals surface area contributed by atoms with Crippen LogP contribution >= 0.6 is 0 Å². The standard InChI is InChI=1S/C21H23N3O5S/c25-20(14-24-18-6-2-3-7-19(18)29-15-21(24)26)22-16-8-10-17(11-9-16)30(27,28)23-12-4-1-5-13-23/h2-3,6-11H,1,4-5,12-15H2,(H,22,25). The number of fused-ring (bicyclic) bond motifs is 1. The normalized spacial score (nSPS) is 17.2. The Bertz CT molecular complexity index is 1050. The van der Waals surface area contributed by atoms with E-state index in [1.165, 1.54) is 21.3 Å². The first-order valence-electron chi connectivity index (χ1n) is 9.87. The molecule has 0 aliphatic carbocycles. The molecule has 0 atom stereocenters. The Morgan fingerprint density at radius 1 is 1.00 bits per heavy atom. The first kappa shape index (κ1) is 20.4. The number of nitrogens with one attached hydrogen (secondary N) is 1. The summed E-state index contributed by atoms with van der Waals surface area (Å²) in [6.07, 6.45) is 2.79. The Kier molecular flexibility index (Phi) is 5.74. The summed E-state index contributed by atoms with van der Waals surface area (Å²) in [6, 6.07) is 13.1. The molecule has 0 radical (unpaired) electrons. The van der Waals surface area contributed by atoms with Gasteiger partial charge in [-0.3, -0.25) is 14.5 Å². The Morgan fingerprint density at radius 2 is 1.70 bits per heavy atom. The molecule has 0 aromatic heterocycles. The van der Waals surface area contributed by atoms with Crippen molar-refractivity contribution >= 4 is 33.2 Å². The Morgan fingerprint density at radius 3 is 2.43 bits per heavy atom. The molecule has 158 valence electrons. The predicted octanol–water partition coefficient (Wildman–Crippen LogP) is 2.23. The number of piperidine rings is 1. The second-order valence-corrected chi connectivity index (χ2v) is 9.21. The maximum Gasteiger partial charge on any atom is 0.265 e. The molecule has 2 amide bonds. The molecule has 2 aliphatic rings. The molecule has 0 unspecified atom stereocenters. The van der Waals surface area contributed by atoms with E-state index in [1.807, 2.05) is 0 Å². The molecule has 0 spiro atoms. The molecule has 2 heterocycles. The number of sulfonamides is 1. The number of ether oxygens (including phenoxy) is 1. The Balaban J connectivity index is 1.42. The van der Waals surface area contributed by atoms with Crippen LogP contribution in [0.4, 0.5) is 11.4 Å². The monoisotopic (exact) mass is 429 g/mol. The minimum atomic E-state index is -3.52. The maximum absolute atomic E-state index is 12.7. The number of nitrogens with zero attached hydrogens (tertiary/aromatic N) is 2. The number of hydrogen-bond acceptors (Lipinski definition) is 5. The molecule has 2 aromatic carbocycles. The molecular weight excluding hydrogens is 406 g/mol. The highest BCUT2D eigenvalue weighted by molar-refractivity contribution is 7.89. The zero-order valence-corrected chi connectivity index (χ0v) is 17.2. The quantitative estimate of drug-likeness (QED) is 0.786. The van der Waals surface area contributed by atoms with Gasteiger partial charge in [-0.2, -0.15) is 4.31 Å². The molecule has 8 nitrogen and oxygen atoms in total. The fraction of sp³-hybridized carbons (Fsp3) is 0.333. The maximum atomic E-state index is 12.7. The van der Waals surface area contributed by atoms with E-state index >= 15 is 0 Å². The lowest BCUT2D eigenvalue weighted by atomic mass is 10.2. The van der Waals surface area contributed by atoms with E-state index in [2.05, 4.69) is 5.32 Å². The van der Waals surface area contributed by atoms with E-state index in [4.69, 9.17) is 4.74 Å². The number of carbonyl (C=O) groups excluding carboxylic acids is 2. The Labute approximate surface area is 175 Å². The zero-order chi connectivity index (χ0) is 21.1. The third-order valence-corrected chi connectivity index (χ3v) is 7.11. The largest absolute Gasteiger partial charge is 0.482 e. The number of hydrogen-bond donors (Lipinski definition) is 1. The van der Waals surface area contributed by atoms with Crippen molar-refractivity contribution in [3.63, 3.8) is 0 Å². The SMILES string of the molecule is O=C(CN1C(=O)COc2ccccc21)Nc1ccc(S(=O)(=O)N2CCCCC2)cc1. The van der Waals surface area contributed by atoms with Gasteiger partial charge in [0.15, 0.2) is 6.61 Å². The van der Waals surface area contributed by atoms with Gasteiger partial charge in [0.25, 0.3) is 5.91 Å². The summed E-state index contributed by atoms with van der Waals surface area (Å²) in [5, 5.41) is 2.72. The van der Waals surface area contributed by atoms with Gasteiger partial charge in [-0.25, -0.2) is 8.42 Å². The predicted molar refractivity (Wildman–Crippen MR) is 112 cm³/mol. The number of rotatable bonds is 5. The molecule has 2 aromatic rings. The molecule has 9 heteroatoms. The van der Waals surface area contributed by atoms with Crippen LogP contribution in [0.2, 0.25) is 0 Å². The molecule has 1 N–H and O–H groups in total. The lowest BCUT2D eigenvalue weighted by molar-refractivity contribution is -0.123. The van der Waals surface area contributed by atoms with Gasteiger partial charge < -0.3 is 10.1 Å². The third-order valence-electron chi connectivity index (χ3n) is 5.20. The summed E-state index contributed by atoms with van der Waals surface area (Å²) in [5.41, 5.74) is 1.01. The summed E-state index contributed by atoms with van der Waals surface area (Å²) in [4.78, 5) is 26.3. The molecule has 0 bridgehead atoms. The first-order valence-corrected chi connectivity index (χ1v) is 11.3. The van der Waals surface area contributed by atoms with E-state index < -0.39 is 10.0 Å².